The van der Waals surface area contributed by atoms with Gasteiger partial charge >= 0.3 is 5.97 Å². The summed E-state index contributed by atoms with van der Waals surface area (Å²) in [5, 5.41) is 12.3. The van der Waals surface area contributed by atoms with Crippen molar-refractivity contribution in [3.8, 4) is 0 Å². The summed E-state index contributed by atoms with van der Waals surface area (Å²) in [6, 6.07) is 0.555. The van der Waals surface area contributed by atoms with E-state index in [9.17, 15) is 4.79 Å². The number of aromatic nitrogens is 1. The van der Waals surface area contributed by atoms with Gasteiger partial charge in [-0.2, -0.15) is 0 Å². The fraction of sp³-hybridized carbons (Fsp3) is 0.600. The molecule has 0 saturated heterocycles. The quantitative estimate of drug-likeness (QED) is 0.762. The number of aliphatic carboxylic acids is 1. The molecule has 15 heavy (non-hydrogen) atoms. The van der Waals surface area contributed by atoms with E-state index in [1.54, 1.807) is 12.5 Å². The monoisotopic (exact) mass is 210 g/mol. The molecule has 0 radical (unpaired) electrons. The molecular weight excluding hydrogens is 196 g/mol. The van der Waals surface area contributed by atoms with Crippen molar-refractivity contribution >= 4 is 5.97 Å². The van der Waals surface area contributed by atoms with Gasteiger partial charge in [0.2, 0.25) is 0 Å². The van der Waals surface area contributed by atoms with Crippen LogP contribution in [0, 0.1) is 0 Å². The summed E-state index contributed by atoms with van der Waals surface area (Å²) in [6.45, 7) is 1.34. The van der Waals surface area contributed by atoms with Gasteiger partial charge in [-0.3, -0.25) is 9.69 Å². The average molecular weight is 210 g/mol. The van der Waals surface area contributed by atoms with Crippen LogP contribution in [0.3, 0.4) is 0 Å². The SMILES string of the molecule is O=C(O)CCN(Cc1cnoc1)C1CC1. The molecule has 0 amide bonds. The maximum absolute atomic E-state index is 10.5. The molecule has 5 nitrogen and oxygen atoms in total. The first-order chi connectivity index (χ1) is 7.25. The van der Waals surface area contributed by atoms with Crippen LogP contribution >= 0.6 is 0 Å². The van der Waals surface area contributed by atoms with Crippen LogP contribution in [0.1, 0.15) is 24.8 Å². The molecule has 0 atom stereocenters. The summed E-state index contributed by atoms with van der Waals surface area (Å²) in [5.41, 5.74) is 1.01. The van der Waals surface area contributed by atoms with E-state index in [0.717, 1.165) is 12.1 Å². The van der Waals surface area contributed by atoms with Gasteiger partial charge < -0.3 is 9.63 Å². The zero-order chi connectivity index (χ0) is 10.7. The maximum atomic E-state index is 10.5. The predicted octanol–water partition coefficient (Wildman–Crippen LogP) is 1.11. The first-order valence-electron chi connectivity index (χ1n) is 5.10. The highest BCUT2D eigenvalue weighted by Crippen LogP contribution is 2.28. The molecule has 0 aromatic carbocycles. The van der Waals surface area contributed by atoms with Crippen LogP contribution in [-0.4, -0.2) is 33.7 Å². The number of carbonyl (C=O) groups is 1. The van der Waals surface area contributed by atoms with E-state index in [-0.39, 0.29) is 6.42 Å². The molecule has 1 aromatic heterocycles. The van der Waals surface area contributed by atoms with Gasteiger partial charge in [0.05, 0.1) is 12.6 Å². The minimum Gasteiger partial charge on any atom is -0.481 e. The molecule has 1 aliphatic carbocycles. The molecule has 1 heterocycles. The van der Waals surface area contributed by atoms with Gasteiger partial charge in [-0.05, 0) is 12.8 Å². The Kier molecular flexibility index (Phi) is 3.01. The highest BCUT2D eigenvalue weighted by Gasteiger charge is 2.29. The second kappa shape index (κ2) is 4.44. The maximum Gasteiger partial charge on any atom is 0.304 e. The molecule has 1 aromatic rings. The molecular formula is C10H14N2O3. The highest BCUT2D eigenvalue weighted by molar-refractivity contribution is 5.66. The van der Waals surface area contributed by atoms with Crippen molar-refractivity contribution in [2.75, 3.05) is 6.54 Å². The molecule has 0 aliphatic heterocycles. The van der Waals surface area contributed by atoms with Gasteiger partial charge in [0.1, 0.15) is 6.26 Å². The molecule has 82 valence electrons. The van der Waals surface area contributed by atoms with Gasteiger partial charge in [-0.15, -0.1) is 0 Å². The van der Waals surface area contributed by atoms with Crippen LogP contribution in [0.5, 0.6) is 0 Å². The van der Waals surface area contributed by atoms with Crippen molar-refractivity contribution in [3.05, 3.63) is 18.0 Å². The second-order valence-electron chi connectivity index (χ2n) is 3.88. The lowest BCUT2D eigenvalue weighted by Gasteiger charge is -2.19. The fourth-order valence-electron chi connectivity index (χ4n) is 1.61. The Labute approximate surface area is 87.7 Å². The minimum absolute atomic E-state index is 0.196. The van der Waals surface area contributed by atoms with Crippen LogP contribution in [0.2, 0.25) is 0 Å². The minimum atomic E-state index is -0.744. The van der Waals surface area contributed by atoms with Gasteiger partial charge in [-0.1, -0.05) is 5.16 Å². The number of hydrogen-bond donors (Lipinski definition) is 1. The lowest BCUT2D eigenvalue weighted by molar-refractivity contribution is -0.137. The number of carboxylic acid groups (broad SMARTS) is 1. The second-order valence-corrected chi connectivity index (χ2v) is 3.88. The van der Waals surface area contributed by atoms with Crippen LogP contribution < -0.4 is 0 Å². The Hall–Kier alpha value is -1.36. The largest absolute Gasteiger partial charge is 0.481 e. The van der Waals surface area contributed by atoms with Gasteiger partial charge in [-0.25, -0.2) is 0 Å². The number of carboxylic acids is 1. The summed E-state index contributed by atoms with van der Waals surface area (Å²) in [5.74, 6) is -0.744. The molecule has 1 fully saturated rings. The molecule has 0 unspecified atom stereocenters. The van der Waals surface area contributed by atoms with Gasteiger partial charge in [0, 0.05) is 24.7 Å². The van der Waals surface area contributed by atoms with E-state index in [0.29, 0.717) is 12.6 Å². The lowest BCUT2D eigenvalue weighted by Crippen LogP contribution is -2.27. The molecule has 1 saturated carbocycles. The summed E-state index contributed by atoms with van der Waals surface area (Å²) in [7, 11) is 0. The third kappa shape index (κ3) is 3.06. The standard InChI is InChI=1S/C10H14N2O3/c13-10(14)3-4-12(9-1-2-9)6-8-5-11-15-7-8/h5,7,9H,1-4,6H2,(H,13,14). The zero-order valence-electron chi connectivity index (χ0n) is 8.43. The fourth-order valence-corrected chi connectivity index (χ4v) is 1.61. The topological polar surface area (TPSA) is 66.6 Å². The first-order valence-corrected chi connectivity index (χ1v) is 5.10. The zero-order valence-corrected chi connectivity index (χ0v) is 8.43. The van der Waals surface area contributed by atoms with Crippen molar-refractivity contribution in [3.63, 3.8) is 0 Å². The van der Waals surface area contributed by atoms with Crippen molar-refractivity contribution in [1.29, 1.82) is 0 Å². The summed E-state index contributed by atoms with van der Waals surface area (Å²) in [6.07, 6.45) is 5.82. The molecule has 0 spiro atoms. The molecule has 0 bridgehead atoms. The van der Waals surface area contributed by atoms with Crippen LogP contribution in [0.25, 0.3) is 0 Å². The van der Waals surface area contributed by atoms with Gasteiger partial charge in [0.15, 0.2) is 0 Å². The Morgan fingerprint density at radius 1 is 1.67 bits per heavy atom. The van der Waals surface area contributed by atoms with Crippen LogP contribution in [0.15, 0.2) is 17.0 Å². The normalized spacial score (nSPS) is 15.8. The third-order valence-corrected chi connectivity index (χ3v) is 2.55. The van der Waals surface area contributed by atoms with Crippen molar-refractivity contribution < 1.29 is 14.4 Å². The van der Waals surface area contributed by atoms with E-state index >= 15 is 0 Å². The Bertz CT molecular complexity index is 319. The van der Waals surface area contributed by atoms with E-state index < -0.39 is 5.97 Å². The molecule has 2 rings (SSSR count). The summed E-state index contributed by atoms with van der Waals surface area (Å²) < 4.78 is 4.75. The average Bonchev–Trinajstić information content (AvgIpc) is 2.91. The number of hydrogen-bond acceptors (Lipinski definition) is 4. The van der Waals surface area contributed by atoms with Crippen LogP contribution in [0.4, 0.5) is 0 Å². The van der Waals surface area contributed by atoms with Crippen molar-refractivity contribution in [2.45, 2.75) is 31.8 Å². The van der Waals surface area contributed by atoms with E-state index in [4.69, 9.17) is 9.63 Å². The van der Waals surface area contributed by atoms with Crippen molar-refractivity contribution in [2.24, 2.45) is 0 Å². The molecule has 1 aliphatic rings. The predicted molar refractivity (Wildman–Crippen MR) is 52.2 cm³/mol. The first kappa shape index (κ1) is 10.2. The number of rotatable bonds is 6. The summed E-state index contributed by atoms with van der Waals surface area (Å²) >= 11 is 0. The summed E-state index contributed by atoms with van der Waals surface area (Å²) in [4.78, 5) is 12.7. The Balaban J connectivity index is 1.86. The highest BCUT2D eigenvalue weighted by atomic mass is 16.5. The van der Waals surface area contributed by atoms with E-state index in [2.05, 4.69) is 10.1 Å². The van der Waals surface area contributed by atoms with Gasteiger partial charge in [0.25, 0.3) is 0 Å². The lowest BCUT2D eigenvalue weighted by atomic mass is 10.3. The van der Waals surface area contributed by atoms with Crippen molar-refractivity contribution in [1.82, 2.24) is 10.1 Å². The third-order valence-electron chi connectivity index (χ3n) is 2.55. The van der Waals surface area contributed by atoms with Crippen LogP contribution in [-0.2, 0) is 11.3 Å². The molecule has 1 N–H and O–H groups in total. The van der Waals surface area contributed by atoms with E-state index in [1.807, 2.05) is 0 Å². The van der Waals surface area contributed by atoms with E-state index in [1.165, 1.54) is 12.8 Å². The molecule has 5 heteroatoms. The Morgan fingerprint density at radius 3 is 3.00 bits per heavy atom. The smallest absolute Gasteiger partial charge is 0.304 e. The Morgan fingerprint density at radius 2 is 2.47 bits per heavy atom. The number of nitrogens with zero attached hydrogens (tertiary/aromatic N) is 2.